The van der Waals surface area contributed by atoms with Crippen LogP contribution in [0.15, 0.2) is 0 Å². The smallest absolute Gasteiger partial charge is 0.0628 e. The average Bonchev–Trinajstić information content (AvgIpc) is 2.25. The Balaban J connectivity index is 0. The van der Waals surface area contributed by atoms with Crippen LogP contribution in [-0.4, -0.2) is 16.3 Å². The minimum atomic E-state index is 0. The van der Waals surface area contributed by atoms with E-state index in [-0.39, 0.29) is 24.8 Å². The van der Waals surface area contributed by atoms with E-state index in [4.69, 9.17) is 5.73 Å². The molecule has 0 spiro atoms. The number of halogens is 2. The summed E-state index contributed by atoms with van der Waals surface area (Å²) in [5.74, 6) is 0. The van der Waals surface area contributed by atoms with Gasteiger partial charge < -0.3 is 5.73 Å². The number of aromatic nitrogens is 2. The number of rotatable bonds is 3. The fourth-order valence-corrected chi connectivity index (χ4v) is 1.46. The third-order valence-electron chi connectivity index (χ3n) is 2.29. The molecule has 5 heteroatoms. The van der Waals surface area contributed by atoms with Crippen molar-refractivity contribution in [2.45, 2.75) is 26.7 Å². The Bertz CT molecular complexity index is 271. The summed E-state index contributed by atoms with van der Waals surface area (Å²) in [6, 6.07) is 0. The van der Waals surface area contributed by atoms with Gasteiger partial charge in [0.05, 0.1) is 5.69 Å². The molecule has 2 N–H and O–H groups in total. The first-order valence-corrected chi connectivity index (χ1v) is 4.36. The molecule has 14 heavy (non-hydrogen) atoms. The van der Waals surface area contributed by atoms with Gasteiger partial charge in [-0.1, -0.05) is 0 Å². The van der Waals surface area contributed by atoms with Gasteiger partial charge in [-0.2, -0.15) is 5.10 Å². The molecule has 0 saturated heterocycles. The molecule has 0 fully saturated rings. The standard InChI is InChI=1S/C9H17N3.2ClH/c1-7-9(5-4-6-10)8(2)12(3)11-7;;/h4-6,10H2,1-3H3;2*1H. The van der Waals surface area contributed by atoms with Crippen molar-refractivity contribution in [1.29, 1.82) is 0 Å². The second-order valence-corrected chi connectivity index (χ2v) is 3.17. The van der Waals surface area contributed by atoms with E-state index >= 15 is 0 Å². The number of nitrogens with two attached hydrogens (primary N) is 1. The largest absolute Gasteiger partial charge is 0.330 e. The van der Waals surface area contributed by atoms with Gasteiger partial charge in [-0.3, -0.25) is 4.68 Å². The van der Waals surface area contributed by atoms with Crippen molar-refractivity contribution in [3.05, 3.63) is 17.0 Å². The van der Waals surface area contributed by atoms with Gasteiger partial charge in [-0.05, 0) is 38.8 Å². The zero-order chi connectivity index (χ0) is 9.14. The Morgan fingerprint density at radius 2 is 1.86 bits per heavy atom. The van der Waals surface area contributed by atoms with Gasteiger partial charge in [0.25, 0.3) is 0 Å². The zero-order valence-corrected chi connectivity index (χ0v) is 10.5. The highest BCUT2D eigenvalue weighted by Gasteiger charge is 2.07. The van der Waals surface area contributed by atoms with E-state index in [9.17, 15) is 0 Å². The van der Waals surface area contributed by atoms with Gasteiger partial charge in [0, 0.05) is 12.7 Å². The van der Waals surface area contributed by atoms with Crippen LogP contribution in [0, 0.1) is 13.8 Å². The maximum absolute atomic E-state index is 5.46. The molecule has 0 unspecified atom stereocenters. The predicted molar refractivity (Wildman–Crippen MR) is 64.6 cm³/mol. The lowest BCUT2D eigenvalue weighted by Crippen LogP contribution is -2.01. The second-order valence-electron chi connectivity index (χ2n) is 3.17. The lowest BCUT2D eigenvalue weighted by Gasteiger charge is -1.99. The van der Waals surface area contributed by atoms with Crippen molar-refractivity contribution in [2.75, 3.05) is 6.54 Å². The molecule has 0 aliphatic rings. The first-order chi connectivity index (χ1) is 5.66. The Hall–Kier alpha value is -0.250. The van der Waals surface area contributed by atoms with E-state index in [0.29, 0.717) is 0 Å². The number of nitrogens with zero attached hydrogens (tertiary/aromatic N) is 2. The Morgan fingerprint density at radius 1 is 1.29 bits per heavy atom. The van der Waals surface area contributed by atoms with Crippen LogP contribution < -0.4 is 5.73 Å². The molecule has 1 heterocycles. The van der Waals surface area contributed by atoms with Crippen molar-refractivity contribution in [3.8, 4) is 0 Å². The van der Waals surface area contributed by atoms with E-state index in [2.05, 4.69) is 18.9 Å². The summed E-state index contributed by atoms with van der Waals surface area (Å²) < 4.78 is 1.93. The molecule has 0 radical (unpaired) electrons. The third kappa shape index (κ3) is 3.48. The number of hydrogen-bond acceptors (Lipinski definition) is 2. The van der Waals surface area contributed by atoms with Crippen LogP contribution in [0.1, 0.15) is 23.4 Å². The Morgan fingerprint density at radius 3 is 2.21 bits per heavy atom. The lowest BCUT2D eigenvalue weighted by atomic mass is 10.1. The molecule has 0 aliphatic heterocycles. The molecule has 1 aromatic heterocycles. The Labute approximate surface area is 97.9 Å². The normalized spacial score (nSPS) is 9.14. The summed E-state index contributed by atoms with van der Waals surface area (Å²) in [5, 5.41) is 4.34. The van der Waals surface area contributed by atoms with E-state index in [0.717, 1.165) is 25.1 Å². The Kier molecular flexibility index (Phi) is 8.21. The fraction of sp³-hybridized carbons (Fsp3) is 0.667. The monoisotopic (exact) mass is 239 g/mol. The van der Waals surface area contributed by atoms with Crippen LogP contribution in [0.2, 0.25) is 0 Å². The summed E-state index contributed by atoms with van der Waals surface area (Å²) in [6.07, 6.45) is 2.11. The highest BCUT2D eigenvalue weighted by atomic mass is 35.5. The predicted octanol–water partition coefficient (Wildman–Crippen LogP) is 1.77. The molecule has 0 amide bonds. The number of aryl methyl sites for hydroxylation is 2. The molecule has 1 aromatic rings. The summed E-state index contributed by atoms with van der Waals surface area (Å²) in [5.41, 5.74) is 9.23. The molecule has 1 rings (SSSR count). The first-order valence-electron chi connectivity index (χ1n) is 4.36. The van der Waals surface area contributed by atoms with Gasteiger partial charge in [0.2, 0.25) is 0 Å². The molecule has 0 aliphatic carbocycles. The van der Waals surface area contributed by atoms with Gasteiger partial charge in [-0.25, -0.2) is 0 Å². The molecule has 0 saturated carbocycles. The number of hydrogen-bond donors (Lipinski definition) is 1. The van der Waals surface area contributed by atoms with Crippen LogP contribution in [0.4, 0.5) is 0 Å². The van der Waals surface area contributed by atoms with Crippen molar-refractivity contribution >= 4 is 24.8 Å². The van der Waals surface area contributed by atoms with Crippen LogP contribution in [0.3, 0.4) is 0 Å². The molecule has 84 valence electrons. The topological polar surface area (TPSA) is 43.8 Å². The van der Waals surface area contributed by atoms with Crippen LogP contribution in [-0.2, 0) is 13.5 Å². The highest BCUT2D eigenvalue weighted by molar-refractivity contribution is 5.85. The zero-order valence-electron chi connectivity index (χ0n) is 8.91. The van der Waals surface area contributed by atoms with Gasteiger partial charge in [-0.15, -0.1) is 24.8 Å². The van der Waals surface area contributed by atoms with Crippen molar-refractivity contribution in [2.24, 2.45) is 12.8 Å². The van der Waals surface area contributed by atoms with E-state index in [1.807, 2.05) is 11.7 Å². The fourth-order valence-electron chi connectivity index (χ4n) is 1.46. The summed E-state index contributed by atoms with van der Waals surface area (Å²) >= 11 is 0. The minimum absolute atomic E-state index is 0. The third-order valence-corrected chi connectivity index (χ3v) is 2.29. The molecular weight excluding hydrogens is 221 g/mol. The summed E-state index contributed by atoms with van der Waals surface area (Å²) in [6.45, 7) is 4.92. The molecule has 0 bridgehead atoms. The van der Waals surface area contributed by atoms with Gasteiger partial charge >= 0.3 is 0 Å². The van der Waals surface area contributed by atoms with Gasteiger partial charge in [0.15, 0.2) is 0 Å². The minimum Gasteiger partial charge on any atom is -0.330 e. The quantitative estimate of drug-likeness (QED) is 0.875. The lowest BCUT2D eigenvalue weighted by molar-refractivity contribution is 0.728. The molecule has 3 nitrogen and oxygen atoms in total. The van der Waals surface area contributed by atoms with E-state index < -0.39 is 0 Å². The van der Waals surface area contributed by atoms with E-state index in [1.54, 1.807) is 0 Å². The first kappa shape index (κ1) is 16.2. The van der Waals surface area contributed by atoms with Crippen molar-refractivity contribution in [1.82, 2.24) is 9.78 Å². The van der Waals surface area contributed by atoms with Gasteiger partial charge in [0.1, 0.15) is 0 Å². The maximum Gasteiger partial charge on any atom is 0.0628 e. The van der Waals surface area contributed by atoms with Crippen LogP contribution in [0.25, 0.3) is 0 Å². The summed E-state index contributed by atoms with van der Waals surface area (Å²) in [4.78, 5) is 0. The highest BCUT2D eigenvalue weighted by Crippen LogP contribution is 2.13. The van der Waals surface area contributed by atoms with E-state index in [1.165, 1.54) is 11.3 Å². The SMILES string of the molecule is Cc1nn(C)c(C)c1CCCN.Cl.Cl. The maximum atomic E-state index is 5.46. The second kappa shape index (κ2) is 7.10. The summed E-state index contributed by atoms with van der Waals surface area (Å²) in [7, 11) is 1.98. The average molecular weight is 240 g/mol. The molecule has 0 aromatic carbocycles. The van der Waals surface area contributed by atoms with Crippen molar-refractivity contribution in [3.63, 3.8) is 0 Å². The molecule has 0 atom stereocenters. The van der Waals surface area contributed by atoms with Crippen molar-refractivity contribution < 1.29 is 0 Å². The van der Waals surface area contributed by atoms with Crippen LogP contribution >= 0.6 is 24.8 Å². The molecular formula is C9H19Cl2N3. The van der Waals surface area contributed by atoms with Crippen LogP contribution in [0.5, 0.6) is 0 Å².